The molecule has 3 nitrogen and oxygen atoms in total. The Balaban J connectivity index is 0.00000180. The van der Waals surface area contributed by atoms with E-state index in [9.17, 15) is 13.2 Å². The van der Waals surface area contributed by atoms with Gasteiger partial charge in [-0.2, -0.15) is 13.2 Å². The van der Waals surface area contributed by atoms with Crippen LogP contribution in [0, 0.1) is 5.92 Å². The minimum atomic E-state index is -4.36. The smallest absolute Gasteiger partial charge is 0.369 e. The van der Waals surface area contributed by atoms with Crippen LogP contribution >= 0.6 is 12.4 Å². The molecular weight excluding hydrogens is 279 g/mol. The van der Waals surface area contributed by atoms with Crippen LogP contribution < -0.4 is 10.6 Å². The fourth-order valence-electron chi connectivity index (χ4n) is 2.10. The van der Waals surface area contributed by atoms with Crippen molar-refractivity contribution in [2.45, 2.75) is 19.0 Å². The van der Waals surface area contributed by atoms with E-state index in [-0.39, 0.29) is 18.2 Å². The normalized spacial score (nSPS) is 16.8. The number of pyridine rings is 1. The average molecular weight is 296 g/mol. The Labute approximate surface area is 116 Å². The monoisotopic (exact) mass is 295 g/mol. The highest BCUT2D eigenvalue weighted by molar-refractivity contribution is 5.85. The molecule has 0 saturated carbocycles. The van der Waals surface area contributed by atoms with Gasteiger partial charge < -0.3 is 10.6 Å². The second-order valence-electron chi connectivity index (χ2n) is 4.47. The van der Waals surface area contributed by atoms with Crippen molar-refractivity contribution in [1.29, 1.82) is 0 Å². The lowest BCUT2D eigenvalue weighted by atomic mass is 9.98. The molecule has 108 valence electrons. The van der Waals surface area contributed by atoms with E-state index in [2.05, 4.69) is 15.6 Å². The predicted octanol–water partition coefficient (Wildman–Crippen LogP) is 2.93. The van der Waals surface area contributed by atoms with Gasteiger partial charge in [-0.3, -0.25) is 0 Å². The molecule has 0 radical (unpaired) electrons. The molecule has 0 spiro atoms. The molecule has 2 N–H and O–H groups in total. The summed E-state index contributed by atoms with van der Waals surface area (Å²) in [6.07, 6.45) is -1.01. The summed E-state index contributed by atoms with van der Waals surface area (Å²) < 4.78 is 38.2. The van der Waals surface area contributed by atoms with Gasteiger partial charge in [0.15, 0.2) is 0 Å². The summed E-state index contributed by atoms with van der Waals surface area (Å²) in [6.45, 7) is 2.41. The van der Waals surface area contributed by atoms with E-state index < -0.39 is 11.7 Å². The molecule has 1 aliphatic rings. The quantitative estimate of drug-likeness (QED) is 0.900. The van der Waals surface area contributed by atoms with Gasteiger partial charge >= 0.3 is 6.18 Å². The fraction of sp³-hybridized carbons (Fsp3) is 0.583. The van der Waals surface area contributed by atoms with Crippen molar-refractivity contribution in [3.05, 3.63) is 23.9 Å². The highest BCUT2D eigenvalue weighted by atomic mass is 35.5. The molecule has 0 aliphatic carbocycles. The molecule has 0 aromatic carbocycles. The largest absolute Gasteiger partial charge is 0.419 e. The Morgan fingerprint density at radius 1 is 1.32 bits per heavy atom. The van der Waals surface area contributed by atoms with Crippen LogP contribution in [-0.4, -0.2) is 24.6 Å². The Morgan fingerprint density at radius 3 is 2.63 bits per heavy atom. The maximum atomic E-state index is 12.7. The van der Waals surface area contributed by atoms with E-state index in [1.807, 2.05) is 0 Å². The van der Waals surface area contributed by atoms with Crippen molar-refractivity contribution in [3.8, 4) is 0 Å². The Morgan fingerprint density at radius 2 is 2.00 bits per heavy atom. The summed E-state index contributed by atoms with van der Waals surface area (Å²) in [5, 5.41) is 6.06. The van der Waals surface area contributed by atoms with Crippen LogP contribution in [0.25, 0.3) is 0 Å². The Hall–Kier alpha value is -1.01. The second-order valence-corrected chi connectivity index (χ2v) is 4.47. The number of rotatable bonds is 3. The van der Waals surface area contributed by atoms with Crippen LogP contribution in [-0.2, 0) is 6.18 Å². The Bertz CT molecular complexity index is 392. The van der Waals surface area contributed by atoms with E-state index >= 15 is 0 Å². The van der Waals surface area contributed by atoms with Crippen molar-refractivity contribution in [2.24, 2.45) is 5.92 Å². The van der Waals surface area contributed by atoms with Gasteiger partial charge in [0.25, 0.3) is 0 Å². The van der Waals surface area contributed by atoms with Gasteiger partial charge in [-0.05, 0) is 44.0 Å². The van der Waals surface area contributed by atoms with Crippen molar-refractivity contribution >= 4 is 18.2 Å². The summed E-state index contributed by atoms with van der Waals surface area (Å²) >= 11 is 0. The SMILES string of the molecule is Cl.FC(F)(F)c1cccnc1NCC1CCNCC1. The van der Waals surface area contributed by atoms with Crippen molar-refractivity contribution in [1.82, 2.24) is 10.3 Å². The first kappa shape index (κ1) is 16.0. The third kappa shape index (κ3) is 4.54. The van der Waals surface area contributed by atoms with E-state index in [0.29, 0.717) is 12.5 Å². The molecule has 7 heteroatoms. The minimum Gasteiger partial charge on any atom is -0.369 e. The number of hydrogen-bond acceptors (Lipinski definition) is 3. The molecule has 19 heavy (non-hydrogen) atoms. The average Bonchev–Trinajstić information content (AvgIpc) is 2.37. The lowest BCUT2D eigenvalue weighted by Crippen LogP contribution is -2.31. The van der Waals surface area contributed by atoms with Gasteiger partial charge in [-0.25, -0.2) is 4.98 Å². The van der Waals surface area contributed by atoms with Gasteiger partial charge in [-0.15, -0.1) is 12.4 Å². The van der Waals surface area contributed by atoms with Crippen LogP contribution in [0.1, 0.15) is 18.4 Å². The van der Waals surface area contributed by atoms with Gasteiger partial charge in [0.05, 0.1) is 5.56 Å². The second kappa shape index (κ2) is 6.96. The first-order valence-corrected chi connectivity index (χ1v) is 6.04. The third-order valence-electron chi connectivity index (χ3n) is 3.13. The minimum absolute atomic E-state index is 0. The lowest BCUT2D eigenvalue weighted by molar-refractivity contribution is -0.137. The van der Waals surface area contributed by atoms with Crippen LogP contribution in [0.5, 0.6) is 0 Å². The van der Waals surface area contributed by atoms with E-state index in [0.717, 1.165) is 32.0 Å². The molecule has 1 aliphatic heterocycles. The number of aromatic nitrogens is 1. The van der Waals surface area contributed by atoms with Gasteiger partial charge in [0.2, 0.25) is 0 Å². The van der Waals surface area contributed by atoms with E-state index in [1.165, 1.54) is 12.3 Å². The molecule has 0 atom stereocenters. The van der Waals surface area contributed by atoms with Gasteiger partial charge in [-0.1, -0.05) is 0 Å². The van der Waals surface area contributed by atoms with Crippen LogP contribution in [0.15, 0.2) is 18.3 Å². The highest BCUT2D eigenvalue weighted by Crippen LogP contribution is 2.33. The molecule has 0 amide bonds. The molecule has 0 bridgehead atoms. The maximum Gasteiger partial charge on any atom is 0.419 e. The number of nitrogens with zero attached hydrogens (tertiary/aromatic N) is 1. The zero-order valence-corrected chi connectivity index (χ0v) is 11.2. The van der Waals surface area contributed by atoms with Crippen molar-refractivity contribution in [2.75, 3.05) is 25.0 Å². The van der Waals surface area contributed by atoms with Gasteiger partial charge in [0.1, 0.15) is 5.82 Å². The zero-order valence-electron chi connectivity index (χ0n) is 10.3. The number of alkyl halides is 3. The molecular formula is C12H17ClF3N3. The lowest BCUT2D eigenvalue weighted by Gasteiger charge is -2.23. The first-order chi connectivity index (χ1) is 8.57. The summed E-state index contributed by atoms with van der Waals surface area (Å²) in [7, 11) is 0. The van der Waals surface area contributed by atoms with E-state index in [1.54, 1.807) is 0 Å². The summed E-state index contributed by atoms with van der Waals surface area (Å²) in [6, 6.07) is 2.36. The summed E-state index contributed by atoms with van der Waals surface area (Å²) in [4.78, 5) is 3.78. The van der Waals surface area contributed by atoms with Crippen LogP contribution in [0.3, 0.4) is 0 Å². The molecule has 1 saturated heterocycles. The topological polar surface area (TPSA) is 37.0 Å². The first-order valence-electron chi connectivity index (χ1n) is 6.04. The fourth-order valence-corrected chi connectivity index (χ4v) is 2.10. The van der Waals surface area contributed by atoms with Crippen LogP contribution in [0.4, 0.5) is 19.0 Å². The number of halogens is 4. The van der Waals surface area contributed by atoms with Crippen molar-refractivity contribution in [3.63, 3.8) is 0 Å². The Kier molecular flexibility index (Phi) is 5.87. The summed E-state index contributed by atoms with van der Waals surface area (Å²) in [5.74, 6) is 0.345. The molecule has 2 heterocycles. The van der Waals surface area contributed by atoms with E-state index in [4.69, 9.17) is 0 Å². The molecule has 1 fully saturated rings. The number of piperidine rings is 1. The number of anilines is 1. The highest BCUT2D eigenvalue weighted by Gasteiger charge is 2.34. The molecule has 2 rings (SSSR count). The molecule has 1 aromatic rings. The molecule has 1 aromatic heterocycles. The zero-order chi connectivity index (χ0) is 13.0. The van der Waals surface area contributed by atoms with Crippen LogP contribution in [0.2, 0.25) is 0 Å². The number of nitrogens with one attached hydrogen (secondary N) is 2. The third-order valence-corrected chi connectivity index (χ3v) is 3.13. The maximum absolute atomic E-state index is 12.7. The molecule has 0 unspecified atom stereocenters. The summed E-state index contributed by atoms with van der Waals surface area (Å²) in [5.41, 5.74) is -0.695. The number of hydrogen-bond donors (Lipinski definition) is 2. The van der Waals surface area contributed by atoms with Crippen molar-refractivity contribution < 1.29 is 13.2 Å². The predicted molar refractivity (Wildman–Crippen MR) is 70.6 cm³/mol. The standard InChI is InChI=1S/C12H16F3N3.ClH/c13-12(14,15)10-2-1-5-17-11(10)18-8-9-3-6-16-7-4-9;/h1-2,5,9,16H,3-4,6-8H2,(H,17,18);1H. The van der Waals surface area contributed by atoms with Gasteiger partial charge in [0, 0.05) is 12.7 Å².